The lowest BCUT2D eigenvalue weighted by Gasteiger charge is -2.10. The van der Waals surface area contributed by atoms with Crippen LogP contribution in [0.3, 0.4) is 0 Å². The van der Waals surface area contributed by atoms with Gasteiger partial charge in [-0.2, -0.15) is 0 Å². The Morgan fingerprint density at radius 2 is 1.29 bits per heavy atom. The van der Waals surface area contributed by atoms with E-state index in [2.05, 4.69) is 48.5 Å². The third kappa shape index (κ3) is 3.06. The molecule has 0 aliphatic carbocycles. The van der Waals surface area contributed by atoms with E-state index < -0.39 is 0 Å². The first-order chi connectivity index (χ1) is 16.7. The average molecular weight is 457 g/mol. The zero-order valence-electron chi connectivity index (χ0n) is 18.0. The molecular weight excluding hydrogens is 440 g/mol. The molecule has 0 aliphatic heterocycles. The standard InChI is InChI=1S/C30H17ClN2O/c31-22-13-11-18-15-21(10-9-19(18)16-22)30-32-26-7-3-1-6-25(26)29(33-30)20-12-14-24-23-5-2-4-8-27(23)34-28(24)17-20/h1-17H. The first kappa shape index (κ1) is 19.3. The van der Waals surface area contributed by atoms with Gasteiger partial charge in [-0.15, -0.1) is 0 Å². The van der Waals surface area contributed by atoms with Crippen molar-refractivity contribution in [2.45, 2.75) is 0 Å². The minimum atomic E-state index is 0.690. The fourth-order valence-corrected chi connectivity index (χ4v) is 4.84. The summed E-state index contributed by atoms with van der Waals surface area (Å²) in [4.78, 5) is 9.94. The van der Waals surface area contributed by atoms with Crippen molar-refractivity contribution in [3.63, 3.8) is 0 Å². The highest BCUT2D eigenvalue weighted by molar-refractivity contribution is 6.31. The van der Waals surface area contributed by atoms with Crippen molar-refractivity contribution in [2.24, 2.45) is 0 Å². The largest absolute Gasteiger partial charge is 0.456 e. The van der Waals surface area contributed by atoms with Crippen molar-refractivity contribution in [3.8, 4) is 22.6 Å². The molecule has 0 saturated carbocycles. The van der Waals surface area contributed by atoms with Crippen LogP contribution in [-0.4, -0.2) is 9.97 Å². The van der Waals surface area contributed by atoms with E-state index in [1.807, 2.05) is 54.6 Å². The van der Waals surface area contributed by atoms with Crippen LogP contribution in [0.15, 0.2) is 108 Å². The van der Waals surface area contributed by atoms with Crippen molar-refractivity contribution in [1.82, 2.24) is 9.97 Å². The molecular formula is C30H17ClN2O. The zero-order chi connectivity index (χ0) is 22.6. The van der Waals surface area contributed by atoms with E-state index in [0.717, 1.165) is 65.5 Å². The number of nitrogens with zero attached hydrogens (tertiary/aromatic N) is 2. The van der Waals surface area contributed by atoms with Crippen molar-refractivity contribution >= 4 is 55.2 Å². The van der Waals surface area contributed by atoms with Crippen LogP contribution in [0.5, 0.6) is 0 Å². The number of hydrogen-bond donors (Lipinski definition) is 0. The number of halogens is 1. The van der Waals surface area contributed by atoms with Gasteiger partial charge in [-0.1, -0.05) is 72.3 Å². The van der Waals surface area contributed by atoms with E-state index in [-0.39, 0.29) is 0 Å². The molecule has 0 spiro atoms. The van der Waals surface area contributed by atoms with Gasteiger partial charge in [0.1, 0.15) is 11.2 Å². The van der Waals surface area contributed by atoms with Gasteiger partial charge in [-0.3, -0.25) is 0 Å². The number of aromatic nitrogens is 2. The molecule has 0 unspecified atom stereocenters. The number of para-hydroxylation sites is 2. The van der Waals surface area contributed by atoms with E-state index in [0.29, 0.717) is 5.82 Å². The fraction of sp³-hybridized carbons (Fsp3) is 0. The zero-order valence-corrected chi connectivity index (χ0v) is 18.8. The lowest BCUT2D eigenvalue weighted by molar-refractivity contribution is 0.669. The SMILES string of the molecule is Clc1ccc2cc(-c3nc(-c4ccc5c(c4)oc4ccccc45)c4ccccc4n3)ccc2c1. The molecule has 0 radical (unpaired) electrons. The molecule has 0 amide bonds. The van der Waals surface area contributed by atoms with Crippen LogP contribution in [0.4, 0.5) is 0 Å². The van der Waals surface area contributed by atoms with Gasteiger partial charge in [0.15, 0.2) is 5.82 Å². The van der Waals surface area contributed by atoms with Gasteiger partial charge in [0, 0.05) is 32.3 Å². The van der Waals surface area contributed by atoms with E-state index in [4.69, 9.17) is 26.0 Å². The van der Waals surface area contributed by atoms with Gasteiger partial charge < -0.3 is 4.42 Å². The number of hydrogen-bond acceptors (Lipinski definition) is 3. The van der Waals surface area contributed by atoms with E-state index in [1.54, 1.807) is 0 Å². The van der Waals surface area contributed by atoms with Crippen LogP contribution in [-0.2, 0) is 0 Å². The Kier molecular flexibility index (Phi) is 4.20. The van der Waals surface area contributed by atoms with Gasteiger partial charge in [-0.25, -0.2) is 9.97 Å². The maximum Gasteiger partial charge on any atom is 0.160 e. The summed E-state index contributed by atoms with van der Waals surface area (Å²) in [7, 11) is 0. The fourth-order valence-electron chi connectivity index (χ4n) is 4.65. The maximum atomic E-state index is 6.16. The Bertz CT molecular complexity index is 1890. The van der Waals surface area contributed by atoms with Gasteiger partial charge in [0.05, 0.1) is 11.2 Å². The Morgan fingerprint density at radius 3 is 2.24 bits per heavy atom. The summed E-state index contributed by atoms with van der Waals surface area (Å²) in [6.07, 6.45) is 0. The summed E-state index contributed by atoms with van der Waals surface area (Å²) in [6, 6.07) is 34.7. The first-order valence-electron chi connectivity index (χ1n) is 11.1. The van der Waals surface area contributed by atoms with Crippen LogP contribution in [0.2, 0.25) is 5.02 Å². The summed E-state index contributed by atoms with van der Waals surface area (Å²) in [6.45, 7) is 0. The molecule has 0 saturated heterocycles. The number of furan rings is 1. The molecule has 0 bridgehead atoms. The number of benzene rings is 5. The molecule has 0 aliphatic rings. The number of fused-ring (bicyclic) bond motifs is 5. The second kappa shape index (κ2) is 7.41. The molecule has 3 nitrogen and oxygen atoms in total. The quantitative estimate of drug-likeness (QED) is 0.261. The van der Waals surface area contributed by atoms with Gasteiger partial charge in [0.25, 0.3) is 0 Å². The van der Waals surface area contributed by atoms with Crippen LogP contribution >= 0.6 is 11.6 Å². The van der Waals surface area contributed by atoms with E-state index in [9.17, 15) is 0 Å². The van der Waals surface area contributed by atoms with E-state index in [1.165, 1.54) is 0 Å². The van der Waals surface area contributed by atoms with Crippen molar-refractivity contribution < 1.29 is 4.42 Å². The topological polar surface area (TPSA) is 38.9 Å². The molecule has 5 aromatic carbocycles. The smallest absolute Gasteiger partial charge is 0.160 e. The third-order valence-corrected chi connectivity index (χ3v) is 6.55. The predicted octanol–water partition coefficient (Wildman–Crippen LogP) is 8.67. The molecule has 2 heterocycles. The predicted molar refractivity (Wildman–Crippen MR) is 140 cm³/mol. The average Bonchev–Trinajstić information content (AvgIpc) is 3.25. The first-order valence-corrected chi connectivity index (χ1v) is 11.5. The maximum absolute atomic E-state index is 6.16. The molecule has 4 heteroatoms. The van der Waals surface area contributed by atoms with Crippen LogP contribution in [0, 0.1) is 0 Å². The molecule has 7 aromatic rings. The summed E-state index contributed by atoms with van der Waals surface area (Å²) >= 11 is 6.16. The van der Waals surface area contributed by atoms with Crippen molar-refractivity contribution in [2.75, 3.05) is 0 Å². The highest BCUT2D eigenvalue weighted by Crippen LogP contribution is 2.35. The molecule has 0 atom stereocenters. The lowest BCUT2D eigenvalue weighted by atomic mass is 10.0. The number of rotatable bonds is 2. The molecule has 34 heavy (non-hydrogen) atoms. The van der Waals surface area contributed by atoms with Crippen LogP contribution in [0.25, 0.3) is 66.3 Å². The summed E-state index contributed by atoms with van der Waals surface area (Å²) in [5.41, 5.74) is 5.50. The second-order valence-electron chi connectivity index (χ2n) is 8.43. The molecule has 7 rings (SSSR count). The molecule has 2 aromatic heterocycles. The van der Waals surface area contributed by atoms with Gasteiger partial charge in [-0.05, 0) is 53.2 Å². The summed E-state index contributed by atoms with van der Waals surface area (Å²) in [5, 5.41) is 6.15. The molecule has 0 N–H and O–H groups in total. The Labute approximate surface area is 200 Å². The highest BCUT2D eigenvalue weighted by Gasteiger charge is 2.14. The van der Waals surface area contributed by atoms with Crippen LogP contribution < -0.4 is 0 Å². The lowest BCUT2D eigenvalue weighted by Crippen LogP contribution is -1.95. The van der Waals surface area contributed by atoms with Gasteiger partial charge >= 0.3 is 0 Å². The van der Waals surface area contributed by atoms with Crippen LogP contribution in [0.1, 0.15) is 0 Å². The van der Waals surface area contributed by atoms with E-state index >= 15 is 0 Å². The Hall–Kier alpha value is -4.21. The minimum absolute atomic E-state index is 0.690. The van der Waals surface area contributed by atoms with Crippen molar-refractivity contribution in [1.29, 1.82) is 0 Å². The second-order valence-corrected chi connectivity index (χ2v) is 8.86. The van der Waals surface area contributed by atoms with Gasteiger partial charge in [0.2, 0.25) is 0 Å². The van der Waals surface area contributed by atoms with Crippen molar-refractivity contribution in [3.05, 3.63) is 108 Å². The summed E-state index contributed by atoms with van der Waals surface area (Å²) in [5.74, 6) is 0.690. The third-order valence-electron chi connectivity index (χ3n) is 6.32. The minimum Gasteiger partial charge on any atom is -0.456 e. The normalized spacial score (nSPS) is 11.7. The Morgan fingerprint density at radius 1 is 0.559 bits per heavy atom. The highest BCUT2D eigenvalue weighted by atomic mass is 35.5. The summed E-state index contributed by atoms with van der Waals surface area (Å²) < 4.78 is 6.15. The molecule has 0 fully saturated rings. The molecule has 160 valence electrons. The Balaban J connectivity index is 1.45. The monoisotopic (exact) mass is 456 g/mol.